The second kappa shape index (κ2) is 10.0. The van der Waals surface area contributed by atoms with Gasteiger partial charge in [0.05, 0.1) is 16.4 Å². The molecule has 1 fully saturated rings. The first-order valence-corrected chi connectivity index (χ1v) is 10.4. The number of rotatable bonds is 5. The molecule has 1 amide bonds. The first-order chi connectivity index (χ1) is 14.7. The molecule has 0 aliphatic heterocycles. The first kappa shape index (κ1) is 22.9. The number of amides is 1. The molecule has 8 heteroatoms. The SMILES string of the molecule is NC(=CC(=Nc1ccccc1Cl)c1ccc(C(=O)NC2CCCCC2)cc1)C(F)(F)F. The first-order valence-electron chi connectivity index (χ1n) is 10.0. The van der Waals surface area contributed by atoms with Crippen molar-refractivity contribution in [3.05, 3.63) is 76.5 Å². The number of allylic oxidation sites excluding steroid dienone is 2. The fourth-order valence-corrected chi connectivity index (χ4v) is 3.57. The van der Waals surface area contributed by atoms with E-state index in [-0.39, 0.29) is 17.7 Å². The zero-order valence-corrected chi connectivity index (χ0v) is 17.5. The van der Waals surface area contributed by atoms with Crippen LogP contribution in [0.3, 0.4) is 0 Å². The predicted molar refractivity (Wildman–Crippen MR) is 117 cm³/mol. The largest absolute Gasteiger partial charge is 0.430 e. The minimum Gasteiger partial charge on any atom is -0.395 e. The Morgan fingerprint density at radius 3 is 2.26 bits per heavy atom. The van der Waals surface area contributed by atoms with Gasteiger partial charge >= 0.3 is 6.18 Å². The Balaban J connectivity index is 1.88. The molecule has 3 N–H and O–H groups in total. The molecule has 2 aromatic rings. The maximum Gasteiger partial charge on any atom is 0.430 e. The number of hydrogen-bond acceptors (Lipinski definition) is 3. The molecule has 31 heavy (non-hydrogen) atoms. The van der Waals surface area contributed by atoms with Crippen molar-refractivity contribution in [3.8, 4) is 0 Å². The van der Waals surface area contributed by atoms with Crippen molar-refractivity contribution in [2.24, 2.45) is 10.7 Å². The Labute approximate surface area is 184 Å². The monoisotopic (exact) mass is 449 g/mol. The number of hydrogen-bond donors (Lipinski definition) is 2. The number of halogens is 4. The molecule has 0 bridgehead atoms. The molecule has 164 valence electrons. The van der Waals surface area contributed by atoms with E-state index in [0.29, 0.717) is 21.8 Å². The van der Waals surface area contributed by atoms with Crippen molar-refractivity contribution < 1.29 is 18.0 Å². The van der Waals surface area contributed by atoms with E-state index in [1.165, 1.54) is 6.42 Å². The summed E-state index contributed by atoms with van der Waals surface area (Å²) in [7, 11) is 0. The van der Waals surface area contributed by atoms with Crippen LogP contribution in [0.4, 0.5) is 18.9 Å². The molecule has 0 unspecified atom stereocenters. The lowest BCUT2D eigenvalue weighted by Gasteiger charge is -2.22. The van der Waals surface area contributed by atoms with Crippen molar-refractivity contribution in [3.63, 3.8) is 0 Å². The Bertz CT molecular complexity index is 978. The van der Waals surface area contributed by atoms with Gasteiger partial charge in [0.25, 0.3) is 5.91 Å². The van der Waals surface area contributed by atoms with Gasteiger partial charge in [0, 0.05) is 17.2 Å². The highest BCUT2D eigenvalue weighted by molar-refractivity contribution is 6.33. The lowest BCUT2D eigenvalue weighted by molar-refractivity contribution is -0.0925. The van der Waals surface area contributed by atoms with Gasteiger partial charge in [-0.3, -0.25) is 4.79 Å². The van der Waals surface area contributed by atoms with Crippen LogP contribution in [0.2, 0.25) is 5.02 Å². The number of aliphatic imine (C=N–C) groups is 1. The number of nitrogens with zero attached hydrogens (tertiary/aromatic N) is 1. The standard InChI is InChI=1S/C23H23ClF3N3O/c24-18-8-4-5-9-19(18)30-20(14-21(28)23(25,26)27)15-10-12-16(13-11-15)22(31)29-17-6-2-1-3-7-17/h4-5,8-14,17H,1-3,6-7,28H2,(H,29,31). The Hall–Kier alpha value is -2.80. The minimum atomic E-state index is -4.69. The van der Waals surface area contributed by atoms with Gasteiger partial charge in [-0.2, -0.15) is 13.2 Å². The fourth-order valence-electron chi connectivity index (χ4n) is 3.39. The van der Waals surface area contributed by atoms with Crippen LogP contribution in [0.15, 0.2) is 65.3 Å². The van der Waals surface area contributed by atoms with Crippen LogP contribution in [0.1, 0.15) is 48.0 Å². The summed E-state index contributed by atoms with van der Waals surface area (Å²) < 4.78 is 39.0. The van der Waals surface area contributed by atoms with Crippen LogP contribution in [0, 0.1) is 0 Å². The molecule has 0 atom stereocenters. The molecule has 1 aliphatic rings. The van der Waals surface area contributed by atoms with Crippen molar-refractivity contribution in [2.75, 3.05) is 0 Å². The zero-order chi connectivity index (χ0) is 22.4. The van der Waals surface area contributed by atoms with E-state index in [1.54, 1.807) is 48.5 Å². The predicted octanol–water partition coefficient (Wildman–Crippen LogP) is 5.93. The van der Waals surface area contributed by atoms with Gasteiger partial charge in [-0.1, -0.05) is 55.1 Å². The molecular weight excluding hydrogens is 427 g/mol. The van der Waals surface area contributed by atoms with Crippen molar-refractivity contribution in [1.29, 1.82) is 0 Å². The summed E-state index contributed by atoms with van der Waals surface area (Å²) in [4.78, 5) is 16.8. The van der Waals surface area contributed by atoms with Crippen LogP contribution in [-0.2, 0) is 0 Å². The van der Waals surface area contributed by atoms with Crippen molar-refractivity contribution >= 4 is 28.9 Å². The molecule has 2 aromatic carbocycles. The summed E-state index contributed by atoms with van der Waals surface area (Å²) in [5, 5.41) is 3.31. The van der Waals surface area contributed by atoms with Crippen LogP contribution in [0.5, 0.6) is 0 Å². The van der Waals surface area contributed by atoms with E-state index in [2.05, 4.69) is 10.3 Å². The average molecular weight is 450 g/mol. The molecule has 0 spiro atoms. The lowest BCUT2D eigenvalue weighted by atomic mass is 9.95. The van der Waals surface area contributed by atoms with Gasteiger partial charge in [0.15, 0.2) is 0 Å². The molecule has 0 heterocycles. The Kier molecular flexibility index (Phi) is 7.38. The maximum atomic E-state index is 13.0. The van der Waals surface area contributed by atoms with Gasteiger partial charge < -0.3 is 11.1 Å². The lowest BCUT2D eigenvalue weighted by Crippen LogP contribution is -2.36. The molecule has 4 nitrogen and oxygen atoms in total. The molecular formula is C23H23ClF3N3O. The smallest absolute Gasteiger partial charge is 0.395 e. The number of para-hydroxylation sites is 1. The third-order valence-electron chi connectivity index (χ3n) is 5.10. The van der Waals surface area contributed by atoms with E-state index in [4.69, 9.17) is 17.3 Å². The van der Waals surface area contributed by atoms with Gasteiger partial charge in [-0.25, -0.2) is 4.99 Å². The normalized spacial score (nSPS) is 16.3. The number of carbonyl (C=O) groups is 1. The van der Waals surface area contributed by atoms with Crippen LogP contribution in [0.25, 0.3) is 0 Å². The van der Waals surface area contributed by atoms with E-state index in [9.17, 15) is 18.0 Å². The summed E-state index contributed by atoms with van der Waals surface area (Å²) in [5.74, 6) is -0.201. The van der Waals surface area contributed by atoms with Crippen LogP contribution < -0.4 is 11.1 Å². The highest BCUT2D eigenvalue weighted by atomic mass is 35.5. The summed E-state index contributed by atoms with van der Waals surface area (Å²) in [6, 6.07) is 12.9. The van der Waals surface area contributed by atoms with Crippen LogP contribution >= 0.6 is 11.6 Å². The maximum absolute atomic E-state index is 13.0. The number of nitrogens with one attached hydrogen (secondary N) is 1. The fraction of sp³-hybridized carbons (Fsp3) is 0.304. The van der Waals surface area contributed by atoms with Crippen LogP contribution in [-0.4, -0.2) is 23.8 Å². The third kappa shape index (κ3) is 6.34. The summed E-state index contributed by atoms with van der Waals surface area (Å²) in [6.07, 6.45) is 1.36. The third-order valence-corrected chi connectivity index (χ3v) is 5.42. The molecule has 0 aromatic heterocycles. The van der Waals surface area contributed by atoms with E-state index in [0.717, 1.165) is 31.8 Å². The van der Waals surface area contributed by atoms with Crippen molar-refractivity contribution in [1.82, 2.24) is 5.32 Å². The van der Waals surface area contributed by atoms with E-state index < -0.39 is 11.9 Å². The minimum absolute atomic E-state index is 0.0119. The molecule has 1 saturated carbocycles. The molecule has 0 radical (unpaired) electrons. The summed E-state index contributed by atoms with van der Waals surface area (Å²) in [6.45, 7) is 0. The number of benzene rings is 2. The zero-order valence-electron chi connectivity index (χ0n) is 16.8. The number of carbonyl (C=O) groups excluding carboxylic acids is 1. The Morgan fingerprint density at radius 1 is 1.03 bits per heavy atom. The second-order valence-corrected chi connectivity index (χ2v) is 7.84. The van der Waals surface area contributed by atoms with Gasteiger partial charge in [-0.05, 0) is 43.2 Å². The van der Waals surface area contributed by atoms with Gasteiger partial charge in [-0.15, -0.1) is 0 Å². The van der Waals surface area contributed by atoms with E-state index >= 15 is 0 Å². The molecule has 3 rings (SSSR count). The van der Waals surface area contributed by atoms with Gasteiger partial charge in [0.2, 0.25) is 0 Å². The summed E-state index contributed by atoms with van der Waals surface area (Å²) in [5.41, 5.74) is 5.04. The highest BCUT2D eigenvalue weighted by Gasteiger charge is 2.31. The Morgan fingerprint density at radius 2 is 1.65 bits per heavy atom. The molecule has 0 saturated heterocycles. The van der Waals surface area contributed by atoms with E-state index in [1.807, 2.05) is 0 Å². The average Bonchev–Trinajstić information content (AvgIpc) is 2.75. The summed E-state index contributed by atoms with van der Waals surface area (Å²) >= 11 is 6.11. The van der Waals surface area contributed by atoms with Crippen molar-refractivity contribution in [2.45, 2.75) is 44.3 Å². The highest BCUT2D eigenvalue weighted by Crippen LogP contribution is 2.27. The second-order valence-electron chi connectivity index (χ2n) is 7.43. The van der Waals surface area contributed by atoms with Gasteiger partial charge in [0.1, 0.15) is 5.70 Å². The topological polar surface area (TPSA) is 67.5 Å². The quantitative estimate of drug-likeness (QED) is 0.555. The number of alkyl halides is 3. The number of nitrogens with two attached hydrogens (primary N) is 1. The molecule has 1 aliphatic carbocycles.